The lowest BCUT2D eigenvalue weighted by Gasteiger charge is -2.22. The number of alkyl halides is 3. The van der Waals surface area contributed by atoms with Crippen molar-refractivity contribution in [1.82, 2.24) is 10.3 Å². The Morgan fingerprint density at radius 1 is 1.48 bits per heavy atom. The van der Waals surface area contributed by atoms with Crippen LogP contribution in [0.2, 0.25) is 0 Å². The number of oxazole rings is 1. The van der Waals surface area contributed by atoms with Gasteiger partial charge < -0.3 is 14.5 Å². The summed E-state index contributed by atoms with van der Waals surface area (Å²) in [6, 6.07) is 7.23. The second kappa shape index (κ2) is 6.96. The minimum atomic E-state index is -1.75. The largest absolute Gasteiger partial charge is 0.450 e. The zero-order valence-corrected chi connectivity index (χ0v) is 13.9. The molecule has 9 heteroatoms. The van der Waals surface area contributed by atoms with Gasteiger partial charge in [0.2, 0.25) is 3.79 Å². The van der Waals surface area contributed by atoms with Crippen molar-refractivity contribution in [3.8, 4) is 0 Å². The lowest BCUT2D eigenvalue weighted by atomic mass is 10.3. The van der Waals surface area contributed by atoms with E-state index in [2.05, 4.69) is 10.3 Å². The Hall–Kier alpha value is -0.820. The van der Waals surface area contributed by atoms with Crippen LogP contribution in [-0.2, 0) is 4.74 Å². The van der Waals surface area contributed by atoms with Gasteiger partial charge in [-0.05, 0) is 30.8 Å². The Balaban J connectivity index is 2.16. The number of alkyl carbamates (subject to hydrolysis) is 1. The van der Waals surface area contributed by atoms with Gasteiger partial charge in [0, 0.05) is 0 Å². The average molecular weight is 370 g/mol. The zero-order chi connectivity index (χ0) is 15.5. The van der Waals surface area contributed by atoms with Crippen LogP contribution in [0.25, 0.3) is 11.1 Å². The number of rotatable bonds is 4. The fraction of sp³-hybridized carbons (Fsp3) is 0.333. The van der Waals surface area contributed by atoms with E-state index in [1.54, 1.807) is 19.1 Å². The molecule has 0 saturated carbocycles. The monoisotopic (exact) mass is 368 g/mol. The molecule has 0 spiro atoms. The van der Waals surface area contributed by atoms with Gasteiger partial charge in [-0.1, -0.05) is 46.9 Å². The molecular formula is C12H11Cl3N2O3S. The van der Waals surface area contributed by atoms with Crippen LogP contribution in [0.15, 0.2) is 33.9 Å². The van der Waals surface area contributed by atoms with Crippen molar-refractivity contribution in [3.63, 3.8) is 0 Å². The molecule has 5 nitrogen and oxygen atoms in total. The Labute approximate surface area is 140 Å². The highest BCUT2D eigenvalue weighted by molar-refractivity contribution is 8.00. The smallest absolute Gasteiger partial charge is 0.408 e. The summed E-state index contributed by atoms with van der Waals surface area (Å²) in [7, 11) is 0. The van der Waals surface area contributed by atoms with Gasteiger partial charge in [-0.25, -0.2) is 9.78 Å². The van der Waals surface area contributed by atoms with Gasteiger partial charge in [0.25, 0.3) is 5.22 Å². The van der Waals surface area contributed by atoms with Crippen molar-refractivity contribution in [2.45, 2.75) is 21.3 Å². The van der Waals surface area contributed by atoms with Gasteiger partial charge in [-0.15, -0.1) is 0 Å². The second-order valence-electron chi connectivity index (χ2n) is 3.85. The van der Waals surface area contributed by atoms with Crippen LogP contribution in [0.3, 0.4) is 0 Å². The van der Waals surface area contributed by atoms with E-state index in [1.165, 1.54) is 0 Å². The van der Waals surface area contributed by atoms with Gasteiger partial charge in [0.05, 0.1) is 6.61 Å². The molecule has 1 unspecified atom stereocenters. The van der Waals surface area contributed by atoms with Crippen LogP contribution in [0, 0.1) is 0 Å². The summed E-state index contributed by atoms with van der Waals surface area (Å²) in [6.07, 6.45) is -0.683. The molecule has 0 aliphatic carbocycles. The van der Waals surface area contributed by atoms with Crippen molar-refractivity contribution in [3.05, 3.63) is 24.3 Å². The number of nitrogens with one attached hydrogen (secondary N) is 1. The Bertz CT molecular complexity index is 596. The fourth-order valence-electron chi connectivity index (χ4n) is 1.46. The predicted octanol–water partition coefficient (Wildman–Crippen LogP) is 4.36. The first-order chi connectivity index (χ1) is 9.90. The van der Waals surface area contributed by atoms with Gasteiger partial charge in [0.15, 0.2) is 5.58 Å². The average Bonchev–Trinajstić information content (AvgIpc) is 2.79. The number of thioether (sulfide) groups is 1. The third-order valence-corrected chi connectivity index (χ3v) is 4.44. The Kier molecular flexibility index (Phi) is 5.48. The summed E-state index contributed by atoms with van der Waals surface area (Å²) in [5, 5.41) is 1.83. The number of hydrogen-bond donors (Lipinski definition) is 1. The molecule has 0 radical (unpaired) electrons. The molecule has 2 aromatic rings. The predicted molar refractivity (Wildman–Crippen MR) is 84.1 cm³/mol. The lowest BCUT2D eigenvalue weighted by Crippen LogP contribution is -2.41. The maximum absolute atomic E-state index is 11.5. The topological polar surface area (TPSA) is 64.4 Å². The number of amides is 1. The van der Waals surface area contributed by atoms with E-state index in [4.69, 9.17) is 44.0 Å². The summed E-state index contributed by atoms with van der Waals surface area (Å²) in [5.41, 5.74) is 1.29. The summed E-state index contributed by atoms with van der Waals surface area (Å²) < 4.78 is 8.54. The van der Waals surface area contributed by atoms with E-state index in [-0.39, 0.29) is 11.8 Å². The van der Waals surface area contributed by atoms with Crippen molar-refractivity contribution in [2.24, 2.45) is 0 Å². The maximum atomic E-state index is 11.5. The lowest BCUT2D eigenvalue weighted by molar-refractivity contribution is 0.151. The number of hydrogen-bond acceptors (Lipinski definition) is 5. The quantitative estimate of drug-likeness (QED) is 0.493. The number of para-hydroxylation sites is 2. The highest BCUT2D eigenvalue weighted by atomic mass is 35.6. The summed E-state index contributed by atoms with van der Waals surface area (Å²) in [6.45, 7) is 1.89. The summed E-state index contributed by atoms with van der Waals surface area (Å²) in [5.74, 6) is 0. The molecule has 0 saturated heterocycles. The van der Waals surface area contributed by atoms with Crippen molar-refractivity contribution in [1.29, 1.82) is 0 Å². The van der Waals surface area contributed by atoms with Crippen molar-refractivity contribution >= 4 is 63.8 Å². The second-order valence-corrected chi connectivity index (χ2v) is 7.28. The van der Waals surface area contributed by atoms with E-state index in [0.717, 1.165) is 11.8 Å². The molecule has 1 N–H and O–H groups in total. The molecule has 2 rings (SSSR count). The van der Waals surface area contributed by atoms with Crippen LogP contribution in [0.5, 0.6) is 0 Å². The molecule has 114 valence electrons. The van der Waals surface area contributed by atoms with E-state index in [1.807, 2.05) is 12.1 Å². The third-order valence-electron chi connectivity index (χ3n) is 2.31. The first kappa shape index (κ1) is 16.5. The molecule has 21 heavy (non-hydrogen) atoms. The van der Waals surface area contributed by atoms with Crippen LogP contribution < -0.4 is 5.32 Å². The number of aromatic nitrogens is 1. The molecule has 1 aromatic carbocycles. The van der Waals surface area contributed by atoms with Crippen LogP contribution in [0.1, 0.15) is 6.92 Å². The molecule has 0 aliphatic heterocycles. The summed E-state index contributed by atoms with van der Waals surface area (Å²) >= 11 is 18.6. The normalized spacial score (nSPS) is 13.1. The van der Waals surface area contributed by atoms with Gasteiger partial charge in [0.1, 0.15) is 10.9 Å². The number of carbonyl (C=O) groups excluding carboxylic acids is 1. The maximum Gasteiger partial charge on any atom is 0.408 e. The number of nitrogens with zero attached hydrogens (tertiary/aromatic N) is 1. The molecule has 0 fully saturated rings. The van der Waals surface area contributed by atoms with Crippen molar-refractivity contribution in [2.75, 3.05) is 6.61 Å². The van der Waals surface area contributed by atoms with E-state index < -0.39 is 15.3 Å². The highest BCUT2D eigenvalue weighted by Gasteiger charge is 2.36. The molecular weight excluding hydrogens is 359 g/mol. The van der Waals surface area contributed by atoms with Gasteiger partial charge >= 0.3 is 6.09 Å². The molecule has 1 amide bonds. The molecule has 1 heterocycles. The standard InChI is InChI=1S/C12H11Cl3N2O3S/c1-2-19-10(18)17-9(12(13,14)15)21-11-16-7-5-3-4-6-8(7)20-11/h3-6,9H,2H2,1H3,(H,17,18). The fourth-order valence-corrected chi connectivity index (χ4v) is 2.80. The Morgan fingerprint density at radius 2 is 2.19 bits per heavy atom. The Morgan fingerprint density at radius 3 is 2.81 bits per heavy atom. The van der Waals surface area contributed by atoms with E-state index in [9.17, 15) is 4.79 Å². The molecule has 0 aliphatic rings. The molecule has 0 bridgehead atoms. The van der Waals surface area contributed by atoms with Crippen LogP contribution in [0.4, 0.5) is 4.79 Å². The van der Waals surface area contributed by atoms with Gasteiger partial charge in [-0.3, -0.25) is 0 Å². The summed E-state index contributed by atoms with van der Waals surface area (Å²) in [4.78, 5) is 15.7. The van der Waals surface area contributed by atoms with Crippen molar-refractivity contribution < 1.29 is 13.9 Å². The van der Waals surface area contributed by atoms with Gasteiger partial charge in [-0.2, -0.15) is 0 Å². The highest BCUT2D eigenvalue weighted by Crippen LogP contribution is 2.39. The number of benzene rings is 1. The number of halogens is 3. The SMILES string of the molecule is CCOC(=O)NC(Sc1nc2ccccc2o1)C(Cl)(Cl)Cl. The van der Waals surface area contributed by atoms with Crippen LogP contribution in [-0.4, -0.2) is 26.9 Å². The first-order valence-corrected chi connectivity index (χ1v) is 7.93. The van der Waals surface area contributed by atoms with E-state index in [0.29, 0.717) is 11.1 Å². The third kappa shape index (κ3) is 4.57. The number of ether oxygens (including phenoxy) is 1. The molecule has 1 aromatic heterocycles. The van der Waals surface area contributed by atoms with E-state index >= 15 is 0 Å². The minimum absolute atomic E-state index is 0.214. The zero-order valence-electron chi connectivity index (χ0n) is 10.8. The van der Waals surface area contributed by atoms with Crippen LogP contribution >= 0.6 is 46.6 Å². The molecule has 1 atom stereocenters. The minimum Gasteiger partial charge on any atom is -0.450 e. The number of fused-ring (bicyclic) bond motifs is 1. The number of carbonyl (C=O) groups is 1. The first-order valence-electron chi connectivity index (χ1n) is 5.92.